The summed E-state index contributed by atoms with van der Waals surface area (Å²) in [5.41, 5.74) is -4.23. The molecule has 2 atom stereocenters. The molecule has 0 unspecified atom stereocenters. The van der Waals surface area contributed by atoms with Crippen molar-refractivity contribution in [3.63, 3.8) is 0 Å². The zero-order chi connectivity index (χ0) is 48.9. The molecule has 370 valence electrons. The van der Waals surface area contributed by atoms with E-state index in [2.05, 4.69) is 143 Å². The molecule has 0 aromatic heterocycles. The first kappa shape index (κ1) is 54.2. The minimum absolute atomic E-state index is 0.0363. The zero-order valence-electron chi connectivity index (χ0n) is 42.8. The molecule has 4 fully saturated rings. The standard InChI is InChI=1S/C50H92N6O8/c1-41(2)23-31(24-42(3,4)53-41)49(32-25-43(5,6)54-44(7,8)26-32,19-17-18-20-51-35(39(61)62)21-37(57)58)50(52-36(40(63)64)22-38(59)60,33-27-45(9,10)55-46(11,12)28-33)34-29-47(13,14)56-48(15,16)30-34/h31-36,51-56H,17-30H2,1-16H3,(H,57,58)(H,59,60)(H,61,62)(H,63,64)/t35-,36-/m0/s1. The van der Waals surface area contributed by atoms with Crippen LogP contribution >= 0.6 is 0 Å². The molecule has 10 N–H and O–H groups in total. The molecule has 4 rings (SSSR count). The molecule has 14 heteroatoms. The van der Waals surface area contributed by atoms with Gasteiger partial charge < -0.3 is 47.0 Å². The number of rotatable bonds is 19. The van der Waals surface area contributed by atoms with Crippen LogP contribution in [0.5, 0.6) is 0 Å². The normalized spacial score (nSPS) is 26.7. The summed E-state index contributed by atoms with van der Waals surface area (Å²) in [4.78, 5) is 50.7. The first-order valence-electron chi connectivity index (χ1n) is 24.3. The summed E-state index contributed by atoms with van der Waals surface area (Å²) in [6.45, 7) is 36.6. The molecule has 4 heterocycles. The highest BCUT2D eigenvalue weighted by molar-refractivity contribution is 5.81. The average Bonchev–Trinajstić information content (AvgIpc) is 3.01. The Hall–Kier alpha value is -2.36. The van der Waals surface area contributed by atoms with Crippen molar-refractivity contribution in [1.82, 2.24) is 31.9 Å². The van der Waals surface area contributed by atoms with Crippen LogP contribution in [0.1, 0.15) is 194 Å². The predicted molar refractivity (Wildman–Crippen MR) is 254 cm³/mol. The van der Waals surface area contributed by atoms with Gasteiger partial charge in [-0.2, -0.15) is 0 Å². The second-order valence-electron chi connectivity index (χ2n) is 26.4. The van der Waals surface area contributed by atoms with Gasteiger partial charge in [-0.25, -0.2) is 0 Å². The van der Waals surface area contributed by atoms with Crippen LogP contribution in [-0.4, -0.2) is 113 Å². The van der Waals surface area contributed by atoms with Gasteiger partial charge in [0.2, 0.25) is 0 Å². The molecule has 0 radical (unpaired) electrons. The number of carboxylic acids is 4. The molecule has 0 spiro atoms. The lowest BCUT2D eigenvalue weighted by molar-refractivity contribution is -0.185. The Morgan fingerprint density at radius 1 is 0.469 bits per heavy atom. The van der Waals surface area contributed by atoms with Gasteiger partial charge in [-0.1, -0.05) is 6.42 Å². The summed E-state index contributed by atoms with van der Waals surface area (Å²) < 4.78 is 0. The van der Waals surface area contributed by atoms with E-state index in [4.69, 9.17) is 0 Å². The highest BCUT2D eigenvalue weighted by atomic mass is 16.4. The Balaban J connectivity index is 2.25. The molecular formula is C50H92N6O8. The molecule has 14 nitrogen and oxygen atoms in total. The Morgan fingerprint density at radius 3 is 1.03 bits per heavy atom. The molecule has 0 amide bonds. The lowest BCUT2D eigenvalue weighted by Crippen LogP contribution is -2.80. The molecule has 0 aromatic carbocycles. The van der Waals surface area contributed by atoms with Crippen molar-refractivity contribution in [2.75, 3.05) is 6.54 Å². The van der Waals surface area contributed by atoms with Crippen molar-refractivity contribution in [2.24, 2.45) is 29.1 Å². The minimum atomic E-state index is -1.38. The molecule has 4 saturated heterocycles. The highest BCUT2D eigenvalue weighted by Crippen LogP contribution is 2.67. The van der Waals surface area contributed by atoms with Gasteiger partial charge in [0, 0.05) is 49.9 Å². The summed E-state index contributed by atoms with van der Waals surface area (Å²) >= 11 is 0. The molecule has 0 bridgehead atoms. The molecule has 4 aliphatic heterocycles. The fraction of sp³-hybridized carbons (Fsp3) is 0.920. The maximum absolute atomic E-state index is 13.9. The summed E-state index contributed by atoms with van der Waals surface area (Å²) in [5.74, 6) is -4.85. The van der Waals surface area contributed by atoms with Gasteiger partial charge in [0.15, 0.2) is 0 Å². The first-order chi connectivity index (χ1) is 28.8. The van der Waals surface area contributed by atoms with Crippen LogP contribution in [0.25, 0.3) is 0 Å². The molecule has 64 heavy (non-hydrogen) atoms. The van der Waals surface area contributed by atoms with Crippen LogP contribution in [0.2, 0.25) is 0 Å². The van der Waals surface area contributed by atoms with E-state index in [0.717, 1.165) is 51.4 Å². The van der Waals surface area contributed by atoms with E-state index in [1.165, 1.54) is 0 Å². The van der Waals surface area contributed by atoms with E-state index in [9.17, 15) is 39.6 Å². The number of nitrogens with one attached hydrogen (secondary N) is 6. The quantitative estimate of drug-likeness (QED) is 0.0583. The lowest BCUT2D eigenvalue weighted by Gasteiger charge is -2.72. The Kier molecular flexibility index (Phi) is 15.8. The van der Waals surface area contributed by atoms with Crippen LogP contribution in [0.3, 0.4) is 0 Å². The summed E-state index contributed by atoms with van der Waals surface area (Å²) in [6.07, 6.45) is 7.02. The summed E-state index contributed by atoms with van der Waals surface area (Å²) in [5, 5.41) is 64.5. The highest BCUT2D eigenvalue weighted by Gasteiger charge is 2.70. The summed E-state index contributed by atoms with van der Waals surface area (Å²) in [6, 6.07) is -2.61. The number of piperidine rings is 4. The number of hydrogen-bond donors (Lipinski definition) is 10. The largest absolute Gasteiger partial charge is 0.481 e. The number of carbonyl (C=O) groups is 4. The number of aliphatic carboxylic acids is 4. The van der Waals surface area contributed by atoms with Gasteiger partial charge in [0.25, 0.3) is 0 Å². The maximum atomic E-state index is 13.9. The minimum Gasteiger partial charge on any atom is -0.481 e. The molecule has 0 aliphatic carbocycles. The van der Waals surface area contributed by atoms with Gasteiger partial charge in [-0.05, 0) is 211 Å². The van der Waals surface area contributed by atoms with E-state index in [-0.39, 0.29) is 68.0 Å². The fourth-order valence-electron chi connectivity index (χ4n) is 15.7. The van der Waals surface area contributed by atoms with Crippen molar-refractivity contribution in [2.45, 2.75) is 256 Å². The third kappa shape index (κ3) is 13.2. The van der Waals surface area contributed by atoms with Crippen molar-refractivity contribution in [1.29, 1.82) is 0 Å². The number of hydrogen-bond acceptors (Lipinski definition) is 10. The molecule has 4 aliphatic rings. The van der Waals surface area contributed by atoms with Crippen LogP contribution in [0.4, 0.5) is 0 Å². The number of carboxylic acid groups (broad SMARTS) is 4. The van der Waals surface area contributed by atoms with E-state index in [0.29, 0.717) is 25.8 Å². The van der Waals surface area contributed by atoms with Gasteiger partial charge in [-0.15, -0.1) is 0 Å². The van der Waals surface area contributed by atoms with Crippen LogP contribution in [-0.2, 0) is 19.2 Å². The first-order valence-corrected chi connectivity index (χ1v) is 24.3. The van der Waals surface area contributed by atoms with E-state index in [1.54, 1.807) is 0 Å². The van der Waals surface area contributed by atoms with E-state index >= 15 is 0 Å². The molecule has 0 saturated carbocycles. The van der Waals surface area contributed by atoms with Crippen molar-refractivity contribution in [3.05, 3.63) is 0 Å². The number of unbranched alkanes of at least 4 members (excludes halogenated alkanes) is 1. The van der Waals surface area contributed by atoms with Gasteiger partial charge in [-0.3, -0.25) is 24.5 Å². The van der Waals surface area contributed by atoms with Crippen LogP contribution in [0.15, 0.2) is 0 Å². The smallest absolute Gasteiger partial charge is 0.321 e. The average molecular weight is 905 g/mol. The SMILES string of the molecule is CC1(C)CC(C(CCCCN[C@@H](CC(=O)O)C(=O)O)(C2CC(C)(C)NC(C)(C)C2)C(N[C@@H](CC(=O)O)C(=O)O)(C2CC(C)(C)NC(C)(C)C2)C2CC(C)(C)NC(C)(C)C2)CC(C)(C)N1. The van der Waals surface area contributed by atoms with Crippen molar-refractivity contribution >= 4 is 23.9 Å². The van der Waals surface area contributed by atoms with Gasteiger partial charge in [0.1, 0.15) is 12.1 Å². The fourth-order valence-corrected chi connectivity index (χ4v) is 15.7. The van der Waals surface area contributed by atoms with Crippen LogP contribution in [0, 0.1) is 29.1 Å². The second kappa shape index (κ2) is 18.6. The Labute approximate surface area is 386 Å². The van der Waals surface area contributed by atoms with Gasteiger partial charge in [0.05, 0.1) is 12.8 Å². The monoisotopic (exact) mass is 905 g/mol. The predicted octanol–water partition coefficient (Wildman–Crippen LogP) is 7.14. The van der Waals surface area contributed by atoms with E-state index < -0.39 is 59.8 Å². The second-order valence-corrected chi connectivity index (χ2v) is 26.4. The lowest BCUT2D eigenvalue weighted by atomic mass is 9.39. The molecule has 0 aromatic rings. The van der Waals surface area contributed by atoms with Crippen LogP contribution < -0.4 is 31.9 Å². The Morgan fingerprint density at radius 2 is 0.750 bits per heavy atom. The third-order valence-corrected chi connectivity index (χ3v) is 15.5. The van der Waals surface area contributed by atoms with Gasteiger partial charge >= 0.3 is 23.9 Å². The Bertz CT molecular complexity index is 1560. The summed E-state index contributed by atoms with van der Waals surface area (Å²) in [7, 11) is 0. The topological polar surface area (TPSA) is 221 Å². The zero-order valence-corrected chi connectivity index (χ0v) is 42.8. The van der Waals surface area contributed by atoms with Crippen molar-refractivity contribution in [3.8, 4) is 0 Å². The van der Waals surface area contributed by atoms with E-state index in [1.807, 2.05) is 0 Å². The molecular weight excluding hydrogens is 813 g/mol. The maximum Gasteiger partial charge on any atom is 0.321 e. The third-order valence-electron chi connectivity index (χ3n) is 15.5. The van der Waals surface area contributed by atoms with Crippen molar-refractivity contribution < 1.29 is 39.6 Å².